The molecule has 6 aromatic heterocycles. The van der Waals surface area contributed by atoms with Gasteiger partial charge in [-0.2, -0.15) is 10.2 Å². The maximum atomic E-state index is 11.6. The highest BCUT2D eigenvalue weighted by Gasteiger charge is 2.14. The number of carboxylic acids is 1. The van der Waals surface area contributed by atoms with Crippen molar-refractivity contribution in [1.29, 1.82) is 0 Å². The predicted octanol–water partition coefficient (Wildman–Crippen LogP) is 7.89. The van der Waals surface area contributed by atoms with Gasteiger partial charge in [-0.25, -0.2) is 9.59 Å². The molecule has 6 heterocycles. The summed E-state index contributed by atoms with van der Waals surface area (Å²) in [7, 11) is 1.37. The van der Waals surface area contributed by atoms with Crippen LogP contribution in [-0.2, 0) is 4.74 Å². The number of esters is 1. The Hall–Kier alpha value is -7.60. The first-order valence-electron chi connectivity index (χ1n) is 16.3. The number of aromatic carboxylic acids is 1. The summed E-state index contributed by atoms with van der Waals surface area (Å²) in [5.74, 6) is -1.31. The maximum Gasteiger partial charge on any atom is 0.337 e. The van der Waals surface area contributed by atoms with E-state index in [1.807, 2.05) is 72.8 Å². The van der Waals surface area contributed by atoms with E-state index in [9.17, 15) is 9.59 Å². The number of hydrogen-bond acceptors (Lipinski definition) is 9. The number of nitrogens with one attached hydrogen (secondary N) is 2. The van der Waals surface area contributed by atoms with Crippen LogP contribution in [0.4, 0.5) is 0 Å². The highest BCUT2D eigenvalue weighted by molar-refractivity contribution is 5.90. The summed E-state index contributed by atoms with van der Waals surface area (Å²) in [5, 5.41) is 23.4. The average molecular weight is 699 g/mol. The zero-order chi connectivity index (χ0) is 36.6. The first-order valence-corrected chi connectivity index (χ1v) is 16.3. The van der Waals surface area contributed by atoms with Crippen molar-refractivity contribution < 1.29 is 19.4 Å². The maximum absolute atomic E-state index is 11.6. The molecule has 12 heteroatoms. The van der Waals surface area contributed by atoms with Crippen LogP contribution in [0.3, 0.4) is 0 Å². The van der Waals surface area contributed by atoms with Crippen LogP contribution in [-0.4, -0.2) is 64.5 Å². The molecule has 53 heavy (non-hydrogen) atoms. The summed E-state index contributed by atoms with van der Waals surface area (Å²) in [4.78, 5) is 40.2. The van der Waals surface area contributed by atoms with Crippen LogP contribution >= 0.6 is 0 Å². The van der Waals surface area contributed by atoms with Crippen molar-refractivity contribution in [3.05, 3.63) is 158 Å². The van der Waals surface area contributed by atoms with Gasteiger partial charge in [-0.3, -0.25) is 30.1 Å². The van der Waals surface area contributed by atoms with Crippen molar-refractivity contribution in [1.82, 2.24) is 40.3 Å². The lowest BCUT2D eigenvalue weighted by molar-refractivity contribution is 0.0599. The molecule has 0 spiro atoms. The molecule has 8 rings (SSSR count). The van der Waals surface area contributed by atoms with Gasteiger partial charge in [-0.15, -0.1) is 0 Å². The Morgan fingerprint density at radius 1 is 0.528 bits per heavy atom. The number of carbonyl (C=O) groups is 2. The summed E-state index contributed by atoms with van der Waals surface area (Å²) in [5.41, 5.74) is 11.2. The Kier molecular flexibility index (Phi) is 9.92. The predicted molar refractivity (Wildman–Crippen MR) is 199 cm³/mol. The van der Waals surface area contributed by atoms with Crippen LogP contribution in [0.25, 0.3) is 67.5 Å². The second kappa shape index (κ2) is 15.5. The van der Waals surface area contributed by atoms with Crippen LogP contribution < -0.4 is 0 Å². The number of methoxy groups -OCH3 is 1. The lowest BCUT2D eigenvalue weighted by Crippen LogP contribution is -2.00. The third-order valence-corrected chi connectivity index (χ3v) is 8.29. The van der Waals surface area contributed by atoms with E-state index in [0.717, 1.165) is 67.5 Å². The molecule has 8 aromatic rings. The Balaban J connectivity index is 0.000000164. The number of carbonyl (C=O) groups excluding carboxylic acids is 1. The largest absolute Gasteiger partial charge is 0.478 e. The normalized spacial score (nSPS) is 10.6. The van der Waals surface area contributed by atoms with Crippen molar-refractivity contribution in [2.75, 3.05) is 7.11 Å². The molecule has 2 aromatic carbocycles. The molecule has 0 fully saturated rings. The van der Waals surface area contributed by atoms with E-state index in [0.29, 0.717) is 5.56 Å². The van der Waals surface area contributed by atoms with Gasteiger partial charge in [0.2, 0.25) is 0 Å². The molecule has 258 valence electrons. The molecule has 0 saturated heterocycles. The number of aromatic amines is 2. The van der Waals surface area contributed by atoms with Crippen LogP contribution in [0.1, 0.15) is 20.7 Å². The minimum atomic E-state index is -0.948. The van der Waals surface area contributed by atoms with Crippen LogP contribution in [0.5, 0.6) is 0 Å². The zero-order valence-corrected chi connectivity index (χ0v) is 28.2. The number of pyridine rings is 4. The third kappa shape index (κ3) is 7.61. The zero-order valence-electron chi connectivity index (χ0n) is 28.2. The molecule has 0 bridgehead atoms. The molecule has 0 radical (unpaired) electrons. The molecule has 0 aliphatic rings. The van der Waals surface area contributed by atoms with Crippen molar-refractivity contribution in [2.24, 2.45) is 0 Å². The molecule has 0 atom stereocenters. The highest BCUT2D eigenvalue weighted by atomic mass is 16.5. The fraction of sp³-hybridized carbons (Fsp3) is 0.0244. The van der Waals surface area contributed by atoms with E-state index in [-0.39, 0.29) is 11.5 Å². The number of carboxylic acid groups (broad SMARTS) is 1. The topological polar surface area (TPSA) is 173 Å². The molecule has 0 amide bonds. The van der Waals surface area contributed by atoms with E-state index >= 15 is 0 Å². The molecular formula is C41H30N8O4. The van der Waals surface area contributed by atoms with Gasteiger partial charge in [-0.05, 0) is 83.9 Å². The fourth-order valence-electron chi connectivity index (χ4n) is 5.61. The molecule has 0 unspecified atom stereocenters. The van der Waals surface area contributed by atoms with Crippen molar-refractivity contribution in [3.63, 3.8) is 0 Å². The second-order valence-electron chi connectivity index (χ2n) is 11.6. The molecule has 12 nitrogen and oxygen atoms in total. The van der Waals surface area contributed by atoms with E-state index in [1.165, 1.54) is 7.11 Å². The minimum Gasteiger partial charge on any atom is -0.478 e. The first-order chi connectivity index (χ1) is 26.0. The molecule has 3 N–H and O–H groups in total. The molecule has 0 saturated carbocycles. The fourth-order valence-corrected chi connectivity index (χ4v) is 5.61. The van der Waals surface area contributed by atoms with Gasteiger partial charge >= 0.3 is 11.9 Å². The van der Waals surface area contributed by atoms with E-state index in [4.69, 9.17) is 9.84 Å². The van der Waals surface area contributed by atoms with Crippen molar-refractivity contribution in [2.45, 2.75) is 0 Å². The van der Waals surface area contributed by atoms with Gasteiger partial charge in [0.25, 0.3) is 0 Å². The van der Waals surface area contributed by atoms with Gasteiger partial charge in [0, 0.05) is 47.0 Å². The van der Waals surface area contributed by atoms with Crippen LogP contribution in [0.15, 0.2) is 146 Å². The van der Waals surface area contributed by atoms with E-state index in [2.05, 4.69) is 40.3 Å². The lowest BCUT2D eigenvalue weighted by atomic mass is 10.0. The smallest absolute Gasteiger partial charge is 0.337 e. The number of hydrogen-bond donors (Lipinski definition) is 3. The number of rotatable bonds is 8. The van der Waals surface area contributed by atoms with Crippen molar-refractivity contribution in [3.8, 4) is 67.5 Å². The van der Waals surface area contributed by atoms with Gasteiger partial charge in [0.05, 0.1) is 64.8 Å². The SMILES string of the molecule is COC(=O)c1ccc(-c2cc(-c3cn[nH]c3-c3ccccn3)ccn2)cc1.O=C(O)c1ccc(-c2cc(-c3cn[nH]c3-c3ccccn3)ccn2)cc1. The number of ether oxygens (including phenoxy) is 1. The molecular weight excluding hydrogens is 669 g/mol. The molecule has 0 aliphatic heterocycles. The minimum absolute atomic E-state index is 0.247. The van der Waals surface area contributed by atoms with Gasteiger partial charge < -0.3 is 9.84 Å². The standard InChI is InChI=1S/C21H16N4O2.C20H14N4O2/c1-27-21(26)15-7-5-14(6-8-15)19-12-16(9-11-23-19)17-13-24-25-20(17)18-4-2-3-10-22-18;25-20(26)14-6-4-13(5-7-14)18-11-15(8-10-22-18)16-12-23-24-19(16)17-3-1-2-9-21-17/h2-13H,1H3,(H,24,25);1-12H,(H,23,24)(H,25,26). The van der Waals surface area contributed by atoms with Gasteiger partial charge in [0.15, 0.2) is 0 Å². The number of H-pyrrole nitrogens is 2. The number of aromatic nitrogens is 8. The number of nitrogens with zero attached hydrogens (tertiary/aromatic N) is 6. The summed E-state index contributed by atoms with van der Waals surface area (Å²) in [6.07, 6.45) is 10.5. The Morgan fingerprint density at radius 2 is 0.981 bits per heavy atom. The van der Waals surface area contributed by atoms with Crippen molar-refractivity contribution >= 4 is 11.9 Å². The molecule has 0 aliphatic carbocycles. The van der Waals surface area contributed by atoms with E-state index < -0.39 is 5.97 Å². The lowest BCUT2D eigenvalue weighted by Gasteiger charge is -2.06. The Labute approximate surface area is 303 Å². The first kappa shape index (κ1) is 33.9. The quantitative estimate of drug-likeness (QED) is 0.133. The van der Waals surface area contributed by atoms with Crippen LogP contribution in [0.2, 0.25) is 0 Å². The van der Waals surface area contributed by atoms with Gasteiger partial charge in [0.1, 0.15) is 0 Å². The third-order valence-electron chi connectivity index (χ3n) is 8.29. The summed E-state index contributed by atoms with van der Waals surface area (Å²) in [6, 6.07) is 33.1. The summed E-state index contributed by atoms with van der Waals surface area (Å²) < 4.78 is 4.73. The second-order valence-corrected chi connectivity index (χ2v) is 11.6. The van der Waals surface area contributed by atoms with Gasteiger partial charge in [-0.1, -0.05) is 36.4 Å². The van der Waals surface area contributed by atoms with E-state index in [1.54, 1.807) is 73.6 Å². The number of benzene rings is 2. The Morgan fingerprint density at radius 3 is 1.40 bits per heavy atom. The monoisotopic (exact) mass is 698 g/mol. The Bertz CT molecular complexity index is 2480. The average Bonchev–Trinajstić information content (AvgIpc) is 3.93. The summed E-state index contributed by atoms with van der Waals surface area (Å²) >= 11 is 0. The van der Waals surface area contributed by atoms with Crippen LogP contribution in [0, 0.1) is 0 Å². The summed E-state index contributed by atoms with van der Waals surface area (Å²) in [6.45, 7) is 0. The highest BCUT2D eigenvalue weighted by Crippen LogP contribution is 2.32.